The molecular formula is C8H4ClF6NO. The van der Waals surface area contributed by atoms with Gasteiger partial charge in [-0.05, 0) is 0 Å². The molecule has 1 heterocycles. The van der Waals surface area contributed by atoms with E-state index < -0.39 is 41.6 Å². The van der Waals surface area contributed by atoms with Gasteiger partial charge in [0.25, 0.3) is 6.43 Å². The first-order chi connectivity index (χ1) is 7.74. The molecule has 0 bridgehead atoms. The number of halogens is 7. The van der Waals surface area contributed by atoms with E-state index in [1.807, 2.05) is 0 Å². The average molecular weight is 280 g/mol. The van der Waals surface area contributed by atoms with Crippen molar-refractivity contribution in [3.8, 4) is 5.75 Å². The fourth-order valence-corrected chi connectivity index (χ4v) is 1.30. The van der Waals surface area contributed by atoms with Crippen LogP contribution >= 0.6 is 11.6 Å². The van der Waals surface area contributed by atoms with Gasteiger partial charge in [0.2, 0.25) is 5.95 Å². The van der Waals surface area contributed by atoms with Crippen molar-refractivity contribution >= 4 is 11.6 Å². The summed E-state index contributed by atoms with van der Waals surface area (Å²) in [5, 5.41) is 0. The third-order valence-electron chi connectivity index (χ3n) is 1.64. The highest BCUT2D eigenvalue weighted by molar-refractivity contribution is 6.17. The fraction of sp³-hybridized carbons (Fsp3) is 0.375. The van der Waals surface area contributed by atoms with E-state index in [1.165, 1.54) is 0 Å². The van der Waals surface area contributed by atoms with Crippen LogP contribution in [0.3, 0.4) is 0 Å². The molecule has 1 rings (SSSR count). The summed E-state index contributed by atoms with van der Waals surface area (Å²) in [6.45, 7) is 0. The zero-order valence-corrected chi connectivity index (χ0v) is 8.62. The standard InChI is InChI=1S/C8H4ClF6NO/c9-2-3-6(7(11)12)4(1-5(10)16-3)17-8(13,14)15/h1,7H,2H2. The van der Waals surface area contributed by atoms with Crippen LogP contribution in [-0.2, 0) is 5.88 Å². The Morgan fingerprint density at radius 3 is 2.35 bits per heavy atom. The average Bonchev–Trinajstić information content (AvgIpc) is 2.12. The molecule has 0 aromatic carbocycles. The molecule has 0 saturated heterocycles. The molecule has 1 aromatic heterocycles. The molecule has 9 heteroatoms. The Balaban J connectivity index is 3.30. The number of ether oxygens (including phenoxy) is 1. The number of aromatic nitrogens is 1. The van der Waals surface area contributed by atoms with Crippen LogP contribution in [0.1, 0.15) is 17.7 Å². The van der Waals surface area contributed by atoms with Gasteiger partial charge in [-0.25, -0.2) is 13.8 Å². The fourth-order valence-electron chi connectivity index (χ4n) is 1.09. The minimum absolute atomic E-state index is 0.130. The maximum Gasteiger partial charge on any atom is 0.573 e. The zero-order chi connectivity index (χ0) is 13.2. The van der Waals surface area contributed by atoms with Crippen LogP contribution in [0, 0.1) is 5.95 Å². The van der Waals surface area contributed by atoms with E-state index in [-0.39, 0.29) is 6.07 Å². The number of nitrogens with zero attached hydrogens (tertiary/aromatic N) is 1. The first kappa shape index (κ1) is 13.9. The monoisotopic (exact) mass is 279 g/mol. The lowest BCUT2D eigenvalue weighted by Crippen LogP contribution is -2.19. The van der Waals surface area contributed by atoms with Gasteiger partial charge in [-0.1, -0.05) is 0 Å². The number of pyridine rings is 1. The Kier molecular flexibility index (Phi) is 4.07. The Morgan fingerprint density at radius 2 is 1.94 bits per heavy atom. The summed E-state index contributed by atoms with van der Waals surface area (Å²) in [5.74, 6) is -3.38. The van der Waals surface area contributed by atoms with Gasteiger partial charge >= 0.3 is 6.36 Å². The van der Waals surface area contributed by atoms with Crippen LogP contribution in [0.4, 0.5) is 26.3 Å². The third-order valence-corrected chi connectivity index (χ3v) is 1.89. The summed E-state index contributed by atoms with van der Waals surface area (Å²) in [5.41, 5.74) is -1.86. The Labute approximate surface area is 96.2 Å². The van der Waals surface area contributed by atoms with E-state index >= 15 is 0 Å². The summed E-state index contributed by atoms with van der Waals surface area (Å²) in [4.78, 5) is 2.98. The largest absolute Gasteiger partial charge is 0.573 e. The topological polar surface area (TPSA) is 22.1 Å². The zero-order valence-electron chi connectivity index (χ0n) is 7.86. The molecule has 0 N–H and O–H groups in total. The minimum atomic E-state index is -5.21. The highest BCUT2D eigenvalue weighted by atomic mass is 35.5. The molecule has 2 nitrogen and oxygen atoms in total. The predicted molar refractivity (Wildman–Crippen MR) is 45.4 cm³/mol. The molecule has 0 saturated carbocycles. The van der Waals surface area contributed by atoms with Crippen LogP contribution < -0.4 is 4.74 Å². The Hall–Kier alpha value is -1.18. The van der Waals surface area contributed by atoms with E-state index in [0.717, 1.165) is 0 Å². The van der Waals surface area contributed by atoms with E-state index in [4.69, 9.17) is 11.6 Å². The smallest absolute Gasteiger partial charge is 0.405 e. The molecule has 0 fully saturated rings. The van der Waals surface area contributed by atoms with Crippen LogP contribution in [-0.4, -0.2) is 11.3 Å². The van der Waals surface area contributed by atoms with Crippen molar-refractivity contribution in [2.75, 3.05) is 0 Å². The van der Waals surface area contributed by atoms with Gasteiger partial charge in [0.1, 0.15) is 5.75 Å². The molecule has 1 aromatic rings. The maximum atomic E-state index is 12.8. The van der Waals surface area contributed by atoms with Crippen LogP contribution in [0.15, 0.2) is 6.07 Å². The van der Waals surface area contributed by atoms with Gasteiger partial charge in [-0.15, -0.1) is 24.8 Å². The van der Waals surface area contributed by atoms with Gasteiger partial charge in [0.15, 0.2) is 0 Å². The molecule has 17 heavy (non-hydrogen) atoms. The summed E-state index contributed by atoms with van der Waals surface area (Å²) in [6.07, 6.45) is -8.52. The highest BCUT2D eigenvalue weighted by Gasteiger charge is 2.34. The Bertz CT molecular complexity index is 408. The van der Waals surface area contributed by atoms with Gasteiger partial charge < -0.3 is 4.74 Å². The van der Waals surface area contributed by atoms with Crippen molar-refractivity contribution in [2.45, 2.75) is 18.7 Å². The van der Waals surface area contributed by atoms with E-state index in [0.29, 0.717) is 0 Å². The number of hydrogen-bond acceptors (Lipinski definition) is 2. The second-order valence-corrected chi connectivity index (χ2v) is 3.05. The van der Waals surface area contributed by atoms with Crippen molar-refractivity contribution in [3.63, 3.8) is 0 Å². The van der Waals surface area contributed by atoms with Crippen molar-refractivity contribution in [3.05, 3.63) is 23.3 Å². The third kappa shape index (κ3) is 3.65. The first-order valence-corrected chi connectivity index (χ1v) is 4.57. The molecule has 0 aliphatic heterocycles. The van der Waals surface area contributed by atoms with E-state index in [1.54, 1.807) is 0 Å². The molecule has 96 valence electrons. The molecule has 0 unspecified atom stereocenters. The van der Waals surface area contributed by atoms with Crippen molar-refractivity contribution < 1.29 is 31.1 Å². The second-order valence-electron chi connectivity index (χ2n) is 2.79. The lowest BCUT2D eigenvalue weighted by atomic mass is 10.2. The Morgan fingerprint density at radius 1 is 1.35 bits per heavy atom. The SMILES string of the molecule is Fc1cc(OC(F)(F)F)c(C(F)F)c(CCl)n1. The van der Waals surface area contributed by atoms with Crippen LogP contribution in [0.5, 0.6) is 5.75 Å². The second kappa shape index (κ2) is 4.99. The predicted octanol–water partition coefficient (Wildman–Crippen LogP) is 3.80. The summed E-state index contributed by atoms with van der Waals surface area (Å²) in [6, 6.07) is 0.130. The van der Waals surface area contributed by atoms with E-state index in [2.05, 4.69) is 9.72 Å². The molecular weight excluding hydrogens is 276 g/mol. The van der Waals surface area contributed by atoms with Crippen LogP contribution in [0.2, 0.25) is 0 Å². The number of alkyl halides is 6. The van der Waals surface area contributed by atoms with Crippen molar-refractivity contribution in [1.29, 1.82) is 0 Å². The summed E-state index contributed by atoms with van der Waals surface area (Å²) < 4.78 is 76.8. The number of rotatable bonds is 3. The van der Waals surface area contributed by atoms with Crippen molar-refractivity contribution in [1.82, 2.24) is 4.98 Å². The van der Waals surface area contributed by atoms with Gasteiger partial charge in [-0.2, -0.15) is 4.39 Å². The first-order valence-electron chi connectivity index (χ1n) is 4.03. The quantitative estimate of drug-likeness (QED) is 0.477. The lowest BCUT2D eigenvalue weighted by Gasteiger charge is -2.14. The normalized spacial score (nSPS) is 12.0. The molecule has 0 aliphatic rings. The number of hydrogen-bond donors (Lipinski definition) is 0. The van der Waals surface area contributed by atoms with Gasteiger partial charge in [0.05, 0.1) is 17.1 Å². The molecule has 0 atom stereocenters. The minimum Gasteiger partial charge on any atom is -0.405 e. The molecule has 0 amide bonds. The van der Waals surface area contributed by atoms with Crippen LogP contribution in [0.25, 0.3) is 0 Å². The molecule has 0 spiro atoms. The van der Waals surface area contributed by atoms with Gasteiger partial charge in [-0.3, -0.25) is 0 Å². The highest BCUT2D eigenvalue weighted by Crippen LogP contribution is 2.35. The maximum absolute atomic E-state index is 12.8. The molecule has 0 radical (unpaired) electrons. The summed E-state index contributed by atoms with van der Waals surface area (Å²) >= 11 is 5.19. The van der Waals surface area contributed by atoms with E-state index in [9.17, 15) is 26.3 Å². The molecule has 0 aliphatic carbocycles. The van der Waals surface area contributed by atoms with Crippen molar-refractivity contribution in [2.24, 2.45) is 0 Å². The van der Waals surface area contributed by atoms with Gasteiger partial charge in [0, 0.05) is 6.07 Å². The summed E-state index contributed by atoms with van der Waals surface area (Å²) in [7, 11) is 0. The lowest BCUT2D eigenvalue weighted by molar-refractivity contribution is -0.275.